The quantitative estimate of drug-likeness (QED) is 0.521. The fraction of sp³-hybridized carbons (Fsp3) is 0.533. The molecule has 0 fully saturated rings. The summed E-state index contributed by atoms with van der Waals surface area (Å²) in [6.45, 7) is 6.79. The lowest BCUT2D eigenvalue weighted by atomic mass is 9.94. The second-order valence-electron chi connectivity index (χ2n) is 5.14. The van der Waals surface area contributed by atoms with Crippen LogP contribution in [0.25, 0.3) is 11.0 Å². The van der Waals surface area contributed by atoms with Gasteiger partial charge in [0.1, 0.15) is 5.82 Å². The minimum absolute atomic E-state index is 0.114. The van der Waals surface area contributed by atoms with Crippen LogP contribution in [0.15, 0.2) is 18.2 Å². The van der Waals surface area contributed by atoms with E-state index < -0.39 is 0 Å². The van der Waals surface area contributed by atoms with Gasteiger partial charge < -0.3 is 4.57 Å². The van der Waals surface area contributed by atoms with Gasteiger partial charge in [0.15, 0.2) is 0 Å². The van der Waals surface area contributed by atoms with Crippen LogP contribution in [0.1, 0.15) is 39.4 Å². The molecular weight excluding hydrogens is 371 g/mol. The molecule has 0 spiro atoms. The number of alkyl halides is 1. The first-order valence-corrected chi connectivity index (χ1v) is 8.40. The lowest BCUT2D eigenvalue weighted by Gasteiger charge is -2.31. The highest BCUT2D eigenvalue weighted by atomic mass is 127. The van der Waals surface area contributed by atoms with Gasteiger partial charge >= 0.3 is 0 Å². The molecule has 0 atom stereocenters. The Morgan fingerprint density at radius 1 is 1.32 bits per heavy atom. The summed E-state index contributed by atoms with van der Waals surface area (Å²) >= 11 is 8.28. The van der Waals surface area contributed by atoms with Gasteiger partial charge in [0.05, 0.1) is 11.0 Å². The molecule has 0 aliphatic rings. The van der Waals surface area contributed by atoms with Crippen LogP contribution in [0.4, 0.5) is 0 Å². The summed E-state index contributed by atoms with van der Waals surface area (Å²) in [5.41, 5.74) is 2.43. The van der Waals surface area contributed by atoms with Crippen molar-refractivity contribution in [1.82, 2.24) is 9.55 Å². The SMILES string of the molecule is CCC(C)(CC)n1c(CCCl)nc2cc(I)ccc21. The van der Waals surface area contributed by atoms with Crippen LogP contribution in [-0.2, 0) is 12.0 Å². The molecule has 0 unspecified atom stereocenters. The van der Waals surface area contributed by atoms with E-state index in [0.717, 1.165) is 30.6 Å². The van der Waals surface area contributed by atoms with Crippen LogP contribution in [-0.4, -0.2) is 15.4 Å². The van der Waals surface area contributed by atoms with Gasteiger partial charge in [-0.1, -0.05) is 13.8 Å². The van der Waals surface area contributed by atoms with Crippen molar-refractivity contribution in [1.29, 1.82) is 0 Å². The highest BCUT2D eigenvalue weighted by Crippen LogP contribution is 2.32. The molecule has 2 nitrogen and oxygen atoms in total. The van der Waals surface area contributed by atoms with E-state index in [1.165, 1.54) is 9.09 Å². The van der Waals surface area contributed by atoms with Crippen molar-refractivity contribution < 1.29 is 0 Å². The van der Waals surface area contributed by atoms with E-state index in [-0.39, 0.29) is 5.54 Å². The summed E-state index contributed by atoms with van der Waals surface area (Å²) in [6.07, 6.45) is 3.01. The molecule has 0 N–H and O–H groups in total. The molecule has 2 aromatic rings. The Morgan fingerprint density at radius 3 is 2.58 bits per heavy atom. The number of nitrogens with zero attached hydrogens (tertiary/aromatic N) is 2. The molecule has 0 saturated carbocycles. The average molecular weight is 391 g/mol. The molecule has 1 aromatic carbocycles. The Morgan fingerprint density at radius 2 is 2.00 bits per heavy atom. The van der Waals surface area contributed by atoms with Gasteiger partial charge in [-0.25, -0.2) is 4.98 Å². The van der Waals surface area contributed by atoms with Gasteiger partial charge in [0.2, 0.25) is 0 Å². The Labute approximate surface area is 133 Å². The van der Waals surface area contributed by atoms with E-state index in [2.05, 4.69) is 66.1 Å². The summed E-state index contributed by atoms with van der Waals surface area (Å²) in [5.74, 6) is 1.72. The molecule has 0 radical (unpaired) electrons. The summed E-state index contributed by atoms with van der Waals surface area (Å²) in [6, 6.07) is 6.48. The molecule has 1 aromatic heterocycles. The summed E-state index contributed by atoms with van der Waals surface area (Å²) in [4.78, 5) is 4.80. The number of benzene rings is 1. The molecule has 1 heterocycles. The maximum atomic E-state index is 5.95. The minimum Gasteiger partial charge on any atom is -0.322 e. The molecule has 104 valence electrons. The summed E-state index contributed by atoms with van der Waals surface area (Å²) < 4.78 is 3.63. The summed E-state index contributed by atoms with van der Waals surface area (Å²) in [5, 5.41) is 0. The average Bonchev–Trinajstić information content (AvgIpc) is 2.76. The van der Waals surface area contributed by atoms with Gasteiger partial charge in [0, 0.05) is 21.4 Å². The molecule has 0 bridgehead atoms. The van der Waals surface area contributed by atoms with Gasteiger partial charge in [-0.15, -0.1) is 11.6 Å². The van der Waals surface area contributed by atoms with Crippen molar-refractivity contribution in [2.24, 2.45) is 0 Å². The fourth-order valence-electron chi connectivity index (χ4n) is 2.52. The first kappa shape index (κ1) is 15.1. The maximum Gasteiger partial charge on any atom is 0.111 e. The highest BCUT2D eigenvalue weighted by Gasteiger charge is 2.27. The number of fused-ring (bicyclic) bond motifs is 1. The summed E-state index contributed by atoms with van der Waals surface area (Å²) in [7, 11) is 0. The molecule has 0 saturated heterocycles. The van der Waals surface area contributed by atoms with Crippen LogP contribution in [0.2, 0.25) is 0 Å². The smallest absolute Gasteiger partial charge is 0.111 e. The number of rotatable bonds is 5. The Balaban J connectivity index is 2.71. The maximum absolute atomic E-state index is 5.95. The predicted molar refractivity (Wildman–Crippen MR) is 91.1 cm³/mol. The Hall–Kier alpha value is -0.290. The molecule has 0 aliphatic carbocycles. The van der Waals surface area contributed by atoms with Crippen LogP contribution < -0.4 is 0 Å². The van der Waals surface area contributed by atoms with E-state index in [1.807, 2.05) is 0 Å². The van der Waals surface area contributed by atoms with Gasteiger partial charge in [0.25, 0.3) is 0 Å². The zero-order valence-corrected chi connectivity index (χ0v) is 14.6. The van der Waals surface area contributed by atoms with E-state index in [9.17, 15) is 0 Å². The van der Waals surface area contributed by atoms with Crippen molar-refractivity contribution in [2.45, 2.75) is 45.6 Å². The second kappa shape index (κ2) is 6.00. The highest BCUT2D eigenvalue weighted by molar-refractivity contribution is 14.1. The number of aryl methyl sites for hydroxylation is 1. The van der Waals surface area contributed by atoms with Crippen molar-refractivity contribution in [2.75, 3.05) is 5.88 Å². The largest absolute Gasteiger partial charge is 0.322 e. The predicted octanol–water partition coefficient (Wildman–Crippen LogP) is 4.96. The molecule has 19 heavy (non-hydrogen) atoms. The third kappa shape index (κ3) is 2.77. The van der Waals surface area contributed by atoms with Crippen LogP contribution in [0.3, 0.4) is 0 Å². The van der Waals surface area contributed by atoms with Crippen molar-refractivity contribution in [3.63, 3.8) is 0 Å². The first-order valence-electron chi connectivity index (χ1n) is 6.79. The van der Waals surface area contributed by atoms with E-state index in [4.69, 9.17) is 16.6 Å². The van der Waals surface area contributed by atoms with E-state index in [1.54, 1.807) is 0 Å². The second-order valence-corrected chi connectivity index (χ2v) is 6.76. The number of hydrogen-bond acceptors (Lipinski definition) is 1. The zero-order valence-electron chi connectivity index (χ0n) is 11.7. The lowest BCUT2D eigenvalue weighted by Crippen LogP contribution is -2.30. The molecule has 4 heteroatoms. The monoisotopic (exact) mass is 390 g/mol. The number of aromatic nitrogens is 2. The van der Waals surface area contributed by atoms with Crippen molar-refractivity contribution in [3.05, 3.63) is 27.6 Å². The van der Waals surface area contributed by atoms with Gasteiger partial charge in [-0.2, -0.15) is 0 Å². The van der Waals surface area contributed by atoms with E-state index >= 15 is 0 Å². The molecule has 0 amide bonds. The van der Waals surface area contributed by atoms with Crippen LogP contribution in [0.5, 0.6) is 0 Å². The van der Waals surface area contributed by atoms with Crippen molar-refractivity contribution in [3.8, 4) is 0 Å². The zero-order chi connectivity index (χ0) is 14.0. The first-order chi connectivity index (χ1) is 9.05. The van der Waals surface area contributed by atoms with Gasteiger partial charge in [-0.3, -0.25) is 0 Å². The van der Waals surface area contributed by atoms with Crippen LogP contribution in [0, 0.1) is 3.57 Å². The molecule has 2 rings (SSSR count). The molecular formula is C15H20ClIN2. The van der Waals surface area contributed by atoms with Gasteiger partial charge in [-0.05, 0) is 60.6 Å². The minimum atomic E-state index is 0.114. The number of halogens is 2. The standard InChI is InChI=1S/C15H20ClIN2/c1-4-15(3,5-2)19-13-7-6-11(17)10-12(13)18-14(19)8-9-16/h6-7,10H,4-5,8-9H2,1-3H3. The number of imidazole rings is 1. The molecule has 0 aliphatic heterocycles. The van der Waals surface area contributed by atoms with E-state index in [0.29, 0.717) is 5.88 Å². The van der Waals surface area contributed by atoms with Crippen molar-refractivity contribution >= 4 is 45.2 Å². The lowest BCUT2D eigenvalue weighted by molar-refractivity contribution is 0.294. The third-order valence-corrected chi connectivity index (χ3v) is 4.93. The topological polar surface area (TPSA) is 17.8 Å². The Bertz CT molecular complexity index is 573. The third-order valence-electron chi connectivity index (χ3n) is 4.07. The van der Waals surface area contributed by atoms with Crippen LogP contribution >= 0.6 is 34.2 Å². The number of hydrogen-bond donors (Lipinski definition) is 0. The Kier molecular flexibility index (Phi) is 4.77. The fourth-order valence-corrected chi connectivity index (χ4v) is 3.17. The normalized spacial score (nSPS) is 12.3.